The fraction of sp³-hybridized carbons (Fsp3) is 0.600. The molecular formula is C15H23N3O2. The molecule has 1 fully saturated rings. The van der Waals surface area contributed by atoms with Gasteiger partial charge in [0.1, 0.15) is 6.04 Å². The van der Waals surface area contributed by atoms with Gasteiger partial charge in [-0.2, -0.15) is 0 Å². The first kappa shape index (κ1) is 14.9. The minimum atomic E-state index is -0.797. The number of pyridine rings is 1. The molecule has 0 radical (unpaired) electrons. The van der Waals surface area contributed by atoms with E-state index in [-0.39, 0.29) is 0 Å². The Labute approximate surface area is 120 Å². The van der Waals surface area contributed by atoms with Gasteiger partial charge in [0.05, 0.1) is 0 Å². The van der Waals surface area contributed by atoms with Crippen molar-refractivity contribution in [3.05, 3.63) is 30.1 Å². The lowest BCUT2D eigenvalue weighted by atomic mass is 10.0. The van der Waals surface area contributed by atoms with E-state index >= 15 is 0 Å². The summed E-state index contributed by atoms with van der Waals surface area (Å²) in [5.41, 5.74) is 0.760. The largest absolute Gasteiger partial charge is 0.480 e. The van der Waals surface area contributed by atoms with E-state index in [0.29, 0.717) is 6.04 Å². The van der Waals surface area contributed by atoms with Crippen LogP contribution in [-0.4, -0.2) is 58.1 Å². The minimum absolute atomic E-state index is 0.391. The molecule has 20 heavy (non-hydrogen) atoms. The van der Waals surface area contributed by atoms with Gasteiger partial charge < -0.3 is 5.11 Å². The maximum absolute atomic E-state index is 11.6. The molecule has 0 bridgehead atoms. The van der Waals surface area contributed by atoms with Gasteiger partial charge in [-0.25, -0.2) is 0 Å². The molecule has 5 nitrogen and oxygen atoms in total. The van der Waals surface area contributed by atoms with E-state index in [0.717, 1.165) is 38.2 Å². The molecule has 2 atom stereocenters. The normalized spacial score (nSPS) is 22.6. The Hall–Kier alpha value is -1.46. The molecule has 110 valence electrons. The molecule has 1 saturated heterocycles. The lowest BCUT2D eigenvalue weighted by Gasteiger charge is -2.42. The zero-order valence-corrected chi connectivity index (χ0v) is 12.2. The number of carboxylic acids is 1. The Morgan fingerprint density at radius 3 is 2.90 bits per heavy atom. The third-order valence-corrected chi connectivity index (χ3v) is 3.91. The summed E-state index contributed by atoms with van der Waals surface area (Å²) in [5.74, 6) is -0.797. The zero-order valence-electron chi connectivity index (χ0n) is 12.2. The van der Waals surface area contributed by atoms with Crippen molar-refractivity contribution < 1.29 is 9.90 Å². The Balaban J connectivity index is 2.11. The molecule has 1 aliphatic heterocycles. The van der Waals surface area contributed by atoms with Crippen LogP contribution < -0.4 is 0 Å². The third-order valence-electron chi connectivity index (χ3n) is 3.91. The summed E-state index contributed by atoms with van der Waals surface area (Å²) in [6.45, 7) is 7.93. The highest BCUT2D eigenvalue weighted by atomic mass is 16.4. The Morgan fingerprint density at radius 1 is 1.55 bits per heavy atom. The number of piperazine rings is 1. The predicted molar refractivity (Wildman–Crippen MR) is 77.5 cm³/mol. The van der Waals surface area contributed by atoms with Gasteiger partial charge in [-0.1, -0.05) is 13.0 Å². The summed E-state index contributed by atoms with van der Waals surface area (Å²) in [4.78, 5) is 20.2. The van der Waals surface area contributed by atoms with Gasteiger partial charge in [-0.15, -0.1) is 0 Å². The summed E-state index contributed by atoms with van der Waals surface area (Å²) in [5, 5.41) is 9.55. The van der Waals surface area contributed by atoms with Crippen molar-refractivity contribution in [2.24, 2.45) is 0 Å². The van der Waals surface area contributed by atoms with Crippen LogP contribution in [0.25, 0.3) is 0 Å². The molecule has 0 saturated carbocycles. The first-order valence-electron chi connectivity index (χ1n) is 7.24. The van der Waals surface area contributed by atoms with Crippen LogP contribution in [0.1, 0.15) is 31.9 Å². The van der Waals surface area contributed by atoms with Crippen molar-refractivity contribution >= 4 is 5.97 Å². The van der Waals surface area contributed by atoms with Crippen LogP contribution >= 0.6 is 0 Å². The second-order valence-electron chi connectivity index (χ2n) is 5.41. The molecule has 0 aromatic carbocycles. The summed E-state index contributed by atoms with van der Waals surface area (Å²) >= 11 is 0. The van der Waals surface area contributed by atoms with Gasteiger partial charge in [0, 0.05) is 38.1 Å². The molecule has 1 aliphatic rings. The fourth-order valence-corrected chi connectivity index (χ4v) is 2.92. The lowest BCUT2D eigenvalue weighted by molar-refractivity contribution is -0.144. The van der Waals surface area contributed by atoms with Gasteiger partial charge in [0.25, 0.3) is 0 Å². The maximum Gasteiger partial charge on any atom is 0.325 e. The van der Waals surface area contributed by atoms with Crippen molar-refractivity contribution in [2.45, 2.75) is 32.4 Å². The molecule has 1 aromatic heterocycles. The van der Waals surface area contributed by atoms with E-state index < -0.39 is 12.0 Å². The second-order valence-corrected chi connectivity index (χ2v) is 5.41. The van der Waals surface area contributed by atoms with Gasteiger partial charge in [-0.05, 0) is 31.5 Å². The molecule has 5 heteroatoms. The van der Waals surface area contributed by atoms with Crippen LogP contribution in [0.5, 0.6) is 0 Å². The highest BCUT2D eigenvalue weighted by Crippen LogP contribution is 2.23. The first-order valence-corrected chi connectivity index (χ1v) is 7.24. The van der Waals surface area contributed by atoms with Crippen molar-refractivity contribution in [3.8, 4) is 0 Å². The topological polar surface area (TPSA) is 56.7 Å². The van der Waals surface area contributed by atoms with Crippen LogP contribution in [0.3, 0.4) is 0 Å². The monoisotopic (exact) mass is 277 g/mol. The third kappa shape index (κ3) is 3.35. The highest BCUT2D eigenvalue weighted by molar-refractivity contribution is 5.75. The SMILES string of the molecule is CCCN1CCN(C(C(=O)O)c2cccnc2)CC1C. The number of aliphatic carboxylic acids is 1. The number of aromatic nitrogens is 1. The average molecular weight is 277 g/mol. The van der Waals surface area contributed by atoms with Gasteiger partial charge in [-0.3, -0.25) is 19.6 Å². The van der Waals surface area contributed by atoms with E-state index in [1.54, 1.807) is 18.5 Å². The lowest BCUT2D eigenvalue weighted by Crippen LogP contribution is -2.53. The van der Waals surface area contributed by atoms with Gasteiger partial charge >= 0.3 is 5.97 Å². The van der Waals surface area contributed by atoms with Crippen LogP contribution in [0.4, 0.5) is 0 Å². The molecule has 0 amide bonds. The number of rotatable bonds is 5. The minimum Gasteiger partial charge on any atom is -0.480 e. The van der Waals surface area contributed by atoms with E-state index in [4.69, 9.17) is 0 Å². The molecule has 0 aliphatic carbocycles. The van der Waals surface area contributed by atoms with E-state index in [1.807, 2.05) is 6.07 Å². The highest BCUT2D eigenvalue weighted by Gasteiger charge is 2.32. The number of carbonyl (C=O) groups is 1. The Bertz CT molecular complexity index is 438. The molecule has 1 N–H and O–H groups in total. The Morgan fingerprint density at radius 2 is 2.35 bits per heavy atom. The van der Waals surface area contributed by atoms with Gasteiger partial charge in [0.2, 0.25) is 0 Å². The second kappa shape index (κ2) is 6.81. The number of hydrogen-bond acceptors (Lipinski definition) is 4. The van der Waals surface area contributed by atoms with E-state index in [9.17, 15) is 9.90 Å². The van der Waals surface area contributed by atoms with E-state index in [1.165, 1.54) is 0 Å². The summed E-state index contributed by atoms with van der Waals surface area (Å²) in [6.07, 6.45) is 4.46. The molecule has 2 unspecified atom stereocenters. The quantitative estimate of drug-likeness (QED) is 0.886. The number of nitrogens with zero attached hydrogens (tertiary/aromatic N) is 3. The van der Waals surface area contributed by atoms with Crippen molar-refractivity contribution in [2.75, 3.05) is 26.2 Å². The molecule has 0 spiro atoms. The predicted octanol–water partition coefficient (Wildman–Crippen LogP) is 1.62. The van der Waals surface area contributed by atoms with Crippen LogP contribution in [0, 0.1) is 0 Å². The summed E-state index contributed by atoms with van der Waals surface area (Å²) in [7, 11) is 0. The Kier molecular flexibility index (Phi) is 5.09. The fourth-order valence-electron chi connectivity index (χ4n) is 2.92. The van der Waals surface area contributed by atoms with Crippen LogP contribution in [-0.2, 0) is 4.79 Å². The van der Waals surface area contributed by atoms with Gasteiger partial charge in [0.15, 0.2) is 0 Å². The number of carboxylic acid groups (broad SMARTS) is 1. The number of hydrogen-bond donors (Lipinski definition) is 1. The first-order chi connectivity index (χ1) is 9.63. The van der Waals surface area contributed by atoms with Crippen molar-refractivity contribution in [1.82, 2.24) is 14.8 Å². The smallest absolute Gasteiger partial charge is 0.325 e. The van der Waals surface area contributed by atoms with Crippen molar-refractivity contribution in [3.63, 3.8) is 0 Å². The summed E-state index contributed by atoms with van der Waals surface area (Å²) in [6, 6.07) is 3.44. The standard InChI is InChI=1S/C15H23N3O2/c1-3-7-17-8-9-18(11-12(17)2)14(15(19)20)13-5-4-6-16-10-13/h4-6,10,12,14H,3,7-9,11H2,1-2H3,(H,19,20). The molecule has 2 rings (SSSR count). The molecule has 1 aromatic rings. The average Bonchev–Trinajstić information content (AvgIpc) is 2.43. The van der Waals surface area contributed by atoms with Crippen molar-refractivity contribution in [1.29, 1.82) is 0 Å². The zero-order chi connectivity index (χ0) is 14.5. The molecular weight excluding hydrogens is 254 g/mol. The molecule has 2 heterocycles. The van der Waals surface area contributed by atoms with E-state index in [2.05, 4.69) is 28.6 Å². The van der Waals surface area contributed by atoms with Crippen LogP contribution in [0.15, 0.2) is 24.5 Å². The maximum atomic E-state index is 11.6. The summed E-state index contributed by atoms with van der Waals surface area (Å²) < 4.78 is 0. The van der Waals surface area contributed by atoms with Crippen LogP contribution in [0.2, 0.25) is 0 Å².